The Hall–Kier alpha value is -1.39. The fourth-order valence-electron chi connectivity index (χ4n) is 4.67. The van der Waals surface area contributed by atoms with Crippen LogP contribution in [0.1, 0.15) is 155 Å². The molecular formula is C34H63NO3. The number of aliphatic hydroxyl groups is 2. The van der Waals surface area contributed by atoms with Crippen LogP contribution in [0.15, 0.2) is 36.5 Å². The zero-order chi connectivity index (χ0) is 27.9. The van der Waals surface area contributed by atoms with E-state index in [-0.39, 0.29) is 12.5 Å². The van der Waals surface area contributed by atoms with Gasteiger partial charge in [0, 0.05) is 6.42 Å². The maximum absolute atomic E-state index is 12.3. The van der Waals surface area contributed by atoms with Gasteiger partial charge < -0.3 is 15.5 Å². The van der Waals surface area contributed by atoms with Gasteiger partial charge in [-0.25, -0.2) is 0 Å². The normalized spacial score (nSPS) is 13.7. The van der Waals surface area contributed by atoms with Gasteiger partial charge in [-0.05, 0) is 44.9 Å². The van der Waals surface area contributed by atoms with E-state index >= 15 is 0 Å². The summed E-state index contributed by atoms with van der Waals surface area (Å²) in [6.45, 7) is 4.20. The van der Waals surface area contributed by atoms with E-state index in [9.17, 15) is 15.0 Å². The molecule has 0 saturated carbocycles. The van der Waals surface area contributed by atoms with Crippen LogP contribution in [0.5, 0.6) is 0 Å². The Morgan fingerprint density at radius 3 is 1.74 bits per heavy atom. The SMILES string of the molecule is CC/C=C\C/C=C\C/C=C\CCCCCCCCCC(=O)NC(CO)C(O)CCCCCCCCCCC. The Morgan fingerprint density at radius 1 is 0.658 bits per heavy atom. The standard InChI is InChI=1S/C34H63NO3/c1-3-5-7-9-11-13-14-15-16-17-18-19-20-22-24-26-28-30-34(38)35-32(31-36)33(37)29-27-25-23-21-12-10-8-6-4-2/h5,7,11,13,15-16,32-33,36-37H,3-4,6,8-10,12,14,17-31H2,1-2H3,(H,35,38)/b7-5-,13-11-,16-15-. The van der Waals surface area contributed by atoms with Crippen molar-refractivity contribution in [3.8, 4) is 0 Å². The van der Waals surface area contributed by atoms with Crippen LogP contribution in [0.25, 0.3) is 0 Å². The van der Waals surface area contributed by atoms with Crippen LogP contribution in [0.3, 0.4) is 0 Å². The number of carbonyl (C=O) groups is 1. The number of unbranched alkanes of at least 4 members (excludes halogenated alkanes) is 15. The molecule has 0 bridgehead atoms. The van der Waals surface area contributed by atoms with Crippen molar-refractivity contribution in [2.45, 2.75) is 167 Å². The van der Waals surface area contributed by atoms with Crippen molar-refractivity contribution in [3.63, 3.8) is 0 Å². The van der Waals surface area contributed by atoms with Crippen LogP contribution < -0.4 is 5.32 Å². The topological polar surface area (TPSA) is 69.6 Å². The third-order valence-corrected chi connectivity index (χ3v) is 7.17. The van der Waals surface area contributed by atoms with E-state index in [1.54, 1.807) is 0 Å². The lowest BCUT2D eigenvalue weighted by Crippen LogP contribution is -2.45. The molecule has 3 N–H and O–H groups in total. The van der Waals surface area contributed by atoms with Crippen LogP contribution >= 0.6 is 0 Å². The Kier molecular flexibility index (Phi) is 29.1. The number of aliphatic hydroxyl groups excluding tert-OH is 2. The predicted molar refractivity (Wildman–Crippen MR) is 165 cm³/mol. The Morgan fingerprint density at radius 2 is 1.16 bits per heavy atom. The third kappa shape index (κ3) is 26.2. The zero-order valence-electron chi connectivity index (χ0n) is 25.2. The maximum Gasteiger partial charge on any atom is 0.220 e. The van der Waals surface area contributed by atoms with Crippen molar-refractivity contribution in [2.75, 3.05) is 6.61 Å². The van der Waals surface area contributed by atoms with Crippen LogP contribution in [-0.4, -0.2) is 34.9 Å². The second-order valence-electron chi connectivity index (χ2n) is 10.8. The second kappa shape index (κ2) is 30.2. The van der Waals surface area contributed by atoms with Crippen molar-refractivity contribution in [1.82, 2.24) is 5.32 Å². The number of hydrogen-bond donors (Lipinski definition) is 3. The first-order chi connectivity index (χ1) is 18.7. The van der Waals surface area contributed by atoms with Gasteiger partial charge in [0.15, 0.2) is 0 Å². The molecule has 4 heteroatoms. The molecule has 2 atom stereocenters. The van der Waals surface area contributed by atoms with Gasteiger partial charge in [-0.3, -0.25) is 4.79 Å². The minimum absolute atomic E-state index is 0.0470. The second-order valence-corrected chi connectivity index (χ2v) is 10.8. The molecule has 0 aromatic heterocycles. The van der Waals surface area contributed by atoms with Crippen molar-refractivity contribution >= 4 is 5.91 Å². The average Bonchev–Trinajstić information content (AvgIpc) is 2.92. The first kappa shape index (κ1) is 36.6. The number of rotatable bonds is 28. The third-order valence-electron chi connectivity index (χ3n) is 7.17. The molecule has 0 aromatic carbocycles. The van der Waals surface area contributed by atoms with Gasteiger partial charge >= 0.3 is 0 Å². The molecule has 2 unspecified atom stereocenters. The molecule has 0 rings (SSSR count). The molecule has 0 saturated heterocycles. The van der Waals surface area contributed by atoms with Crippen LogP contribution in [0, 0.1) is 0 Å². The van der Waals surface area contributed by atoms with E-state index in [0.29, 0.717) is 12.8 Å². The highest BCUT2D eigenvalue weighted by atomic mass is 16.3. The highest BCUT2D eigenvalue weighted by molar-refractivity contribution is 5.76. The molecule has 0 radical (unpaired) electrons. The monoisotopic (exact) mass is 533 g/mol. The lowest BCUT2D eigenvalue weighted by Gasteiger charge is -2.22. The summed E-state index contributed by atoms with van der Waals surface area (Å²) in [7, 11) is 0. The Labute approximate surface area is 236 Å². The molecular weight excluding hydrogens is 470 g/mol. The van der Waals surface area contributed by atoms with Gasteiger partial charge in [0.1, 0.15) is 0 Å². The first-order valence-corrected chi connectivity index (χ1v) is 16.2. The summed E-state index contributed by atoms with van der Waals surface area (Å²) < 4.78 is 0. The first-order valence-electron chi connectivity index (χ1n) is 16.2. The predicted octanol–water partition coefficient (Wildman–Crippen LogP) is 9.12. The summed E-state index contributed by atoms with van der Waals surface area (Å²) in [6, 6.07) is -0.537. The number of carbonyl (C=O) groups excluding carboxylic acids is 1. The Balaban J connectivity index is 3.61. The zero-order valence-corrected chi connectivity index (χ0v) is 25.2. The molecule has 222 valence electrons. The lowest BCUT2D eigenvalue weighted by molar-refractivity contribution is -0.123. The number of amides is 1. The molecule has 0 aliphatic carbocycles. The summed E-state index contributed by atoms with van der Waals surface area (Å²) >= 11 is 0. The van der Waals surface area contributed by atoms with Gasteiger partial charge in [0.05, 0.1) is 18.8 Å². The van der Waals surface area contributed by atoms with E-state index in [2.05, 4.69) is 55.6 Å². The van der Waals surface area contributed by atoms with E-state index in [1.165, 1.54) is 83.5 Å². The van der Waals surface area contributed by atoms with Crippen LogP contribution in [-0.2, 0) is 4.79 Å². The molecule has 0 aromatic rings. The molecule has 0 aliphatic heterocycles. The van der Waals surface area contributed by atoms with Gasteiger partial charge in [-0.1, -0.05) is 140 Å². The summed E-state index contributed by atoms with van der Waals surface area (Å²) in [4.78, 5) is 12.3. The van der Waals surface area contributed by atoms with Gasteiger partial charge in [0.25, 0.3) is 0 Å². The van der Waals surface area contributed by atoms with Gasteiger partial charge in [-0.2, -0.15) is 0 Å². The van der Waals surface area contributed by atoms with E-state index in [0.717, 1.165) is 44.9 Å². The average molecular weight is 534 g/mol. The molecule has 0 heterocycles. The quantitative estimate of drug-likeness (QED) is 0.0693. The van der Waals surface area contributed by atoms with Crippen LogP contribution in [0.2, 0.25) is 0 Å². The number of hydrogen-bond acceptors (Lipinski definition) is 3. The van der Waals surface area contributed by atoms with Crippen LogP contribution in [0.4, 0.5) is 0 Å². The summed E-state index contributed by atoms with van der Waals surface area (Å²) in [6.07, 6.45) is 37.6. The summed E-state index contributed by atoms with van der Waals surface area (Å²) in [5.41, 5.74) is 0. The summed E-state index contributed by atoms with van der Waals surface area (Å²) in [5, 5.41) is 22.9. The van der Waals surface area contributed by atoms with E-state index in [1.807, 2.05) is 0 Å². The number of nitrogens with one attached hydrogen (secondary N) is 1. The molecule has 1 amide bonds. The fourth-order valence-corrected chi connectivity index (χ4v) is 4.67. The Bertz CT molecular complexity index is 584. The van der Waals surface area contributed by atoms with E-state index < -0.39 is 12.1 Å². The molecule has 0 fully saturated rings. The number of allylic oxidation sites excluding steroid dienone is 6. The minimum Gasteiger partial charge on any atom is -0.394 e. The van der Waals surface area contributed by atoms with Gasteiger partial charge in [0.2, 0.25) is 5.91 Å². The maximum atomic E-state index is 12.3. The minimum atomic E-state index is -0.659. The highest BCUT2D eigenvalue weighted by Crippen LogP contribution is 2.13. The highest BCUT2D eigenvalue weighted by Gasteiger charge is 2.19. The smallest absolute Gasteiger partial charge is 0.220 e. The largest absolute Gasteiger partial charge is 0.394 e. The summed E-state index contributed by atoms with van der Waals surface area (Å²) in [5.74, 6) is -0.0470. The fraction of sp³-hybridized carbons (Fsp3) is 0.794. The molecule has 4 nitrogen and oxygen atoms in total. The van der Waals surface area contributed by atoms with Crippen molar-refractivity contribution < 1.29 is 15.0 Å². The molecule has 0 aliphatic rings. The molecule has 38 heavy (non-hydrogen) atoms. The molecule has 0 spiro atoms. The van der Waals surface area contributed by atoms with Crippen molar-refractivity contribution in [1.29, 1.82) is 0 Å². The van der Waals surface area contributed by atoms with Crippen molar-refractivity contribution in [2.24, 2.45) is 0 Å². The lowest BCUT2D eigenvalue weighted by atomic mass is 10.0. The van der Waals surface area contributed by atoms with Crippen molar-refractivity contribution in [3.05, 3.63) is 36.5 Å². The van der Waals surface area contributed by atoms with E-state index in [4.69, 9.17) is 0 Å². The van der Waals surface area contributed by atoms with Gasteiger partial charge in [-0.15, -0.1) is 0 Å².